The Morgan fingerprint density at radius 3 is 2.92 bits per heavy atom. The van der Waals surface area contributed by atoms with Crippen LogP contribution in [0.15, 0.2) is 16.8 Å². The number of aryl methyl sites for hydroxylation is 1. The van der Waals surface area contributed by atoms with Crippen molar-refractivity contribution >= 4 is 11.3 Å². The van der Waals surface area contributed by atoms with Gasteiger partial charge in [0.05, 0.1) is 0 Å². The van der Waals surface area contributed by atoms with Gasteiger partial charge in [-0.3, -0.25) is 0 Å². The average Bonchev–Trinajstić information content (AvgIpc) is 2.64. The van der Waals surface area contributed by atoms with Gasteiger partial charge in [0.15, 0.2) is 0 Å². The van der Waals surface area contributed by atoms with Gasteiger partial charge in [-0.2, -0.15) is 11.3 Å². The standard InChI is InChI=1S/C11H19NS/c1-10(5-7-12-2)3-4-11-6-8-13-9-11/h6,8-10,12H,3-5,7H2,1-2H3. The molecule has 1 rings (SSSR count). The van der Waals surface area contributed by atoms with Gasteiger partial charge in [0, 0.05) is 0 Å². The second-order valence-electron chi connectivity index (χ2n) is 3.67. The molecule has 0 aromatic carbocycles. The minimum absolute atomic E-state index is 0.840. The highest BCUT2D eigenvalue weighted by Gasteiger charge is 2.01. The molecule has 0 radical (unpaired) electrons. The Morgan fingerprint density at radius 2 is 2.31 bits per heavy atom. The predicted octanol–water partition coefficient (Wildman–Crippen LogP) is 2.93. The van der Waals surface area contributed by atoms with Crippen LogP contribution in [0.25, 0.3) is 0 Å². The van der Waals surface area contributed by atoms with Crippen molar-refractivity contribution in [1.29, 1.82) is 0 Å². The lowest BCUT2D eigenvalue weighted by Gasteiger charge is -2.09. The molecule has 1 atom stereocenters. The number of thiophene rings is 1. The maximum Gasteiger partial charge on any atom is -0.00494 e. The first-order chi connectivity index (χ1) is 6.33. The summed E-state index contributed by atoms with van der Waals surface area (Å²) in [5, 5.41) is 7.61. The Kier molecular flexibility index (Phi) is 5.09. The highest BCUT2D eigenvalue weighted by atomic mass is 32.1. The fraction of sp³-hybridized carbons (Fsp3) is 0.636. The van der Waals surface area contributed by atoms with Crippen molar-refractivity contribution in [3.05, 3.63) is 22.4 Å². The molecule has 1 aromatic rings. The van der Waals surface area contributed by atoms with Gasteiger partial charge in [0.25, 0.3) is 0 Å². The minimum atomic E-state index is 0.840. The third kappa shape index (κ3) is 4.44. The molecule has 1 aromatic heterocycles. The molecule has 0 aliphatic rings. The van der Waals surface area contributed by atoms with Crippen LogP contribution in [0.5, 0.6) is 0 Å². The van der Waals surface area contributed by atoms with E-state index in [4.69, 9.17) is 0 Å². The zero-order chi connectivity index (χ0) is 9.52. The van der Waals surface area contributed by atoms with E-state index in [9.17, 15) is 0 Å². The highest BCUT2D eigenvalue weighted by Crippen LogP contribution is 2.14. The molecule has 0 bridgehead atoms. The van der Waals surface area contributed by atoms with E-state index in [0.29, 0.717) is 0 Å². The summed E-state index contributed by atoms with van der Waals surface area (Å²) < 4.78 is 0. The van der Waals surface area contributed by atoms with E-state index in [2.05, 4.69) is 29.1 Å². The molecule has 1 heterocycles. The molecule has 13 heavy (non-hydrogen) atoms. The number of rotatable bonds is 6. The molecule has 0 amide bonds. The summed E-state index contributed by atoms with van der Waals surface area (Å²) in [6.45, 7) is 3.48. The molecule has 1 N–H and O–H groups in total. The summed E-state index contributed by atoms with van der Waals surface area (Å²) >= 11 is 1.80. The first-order valence-electron chi connectivity index (χ1n) is 4.98. The van der Waals surface area contributed by atoms with Gasteiger partial charge in [-0.05, 0) is 61.2 Å². The quantitative estimate of drug-likeness (QED) is 0.739. The van der Waals surface area contributed by atoms with Crippen LogP contribution in [0.1, 0.15) is 25.3 Å². The lowest BCUT2D eigenvalue weighted by atomic mass is 10.00. The van der Waals surface area contributed by atoms with Gasteiger partial charge >= 0.3 is 0 Å². The van der Waals surface area contributed by atoms with Crippen LogP contribution < -0.4 is 5.32 Å². The van der Waals surface area contributed by atoms with E-state index in [0.717, 1.165) is 12.5 Å². The zero-order valence-electron chi connectivity index (χ0n) is 8.55. The van der Waals surface area contributed by atoms with Crippen LogP contribution in [0, 0.1) is 5.92 Å². The van der Waals surface area contributed by atoms with E-state index in [1.54, 1.807) is 11.3 Å². The Labute approximate surface area is 85.2 Å². The number of hydrogen-bond acceptors (Lipinski definition) is 2. The van der Waals surface area contributed by atoms with Crippen LogP contribution in [0.3, 0.4) is 0 Å². The van der Waals surface area contributed by atoms with Gasteiger partial charge < -0.3 is 5.32 Å². The summed E-state index contributed by atoms with van der Waals surface area (Å²) in [6.07, 6.45) is 3.85. The highest BCUT2D eigenvalue weighted by molar-refractivity contribution is 7.07. The Bertz CT molecular complexity index is 206. The van der Waals surface area contributed by atoms with Crippen LogP contribution in [-0.4, -0.2) is 13.6 Å². The van der Waals surface area contributed by atoms with Gasteiger partial charge in [0.1, 0.15) is 0 Å². The normalized spacial score (nSPS) is 13.1. The predicted molar refractivity (Wildman–Crippen MR) is 60.3 cm³/mol. The van der Waals surface area contributed by atoms with Crippen molar-refractivity contribution in [2.45, 2.75) is 26.2 Å². The molecular formula is C11H19NS. The summed E-state index contributed by atoms with van der Waals surface area (Å²) in [6, 6.07) is 2.23. The third-order valence-electron chi connectivity index (χ3n) is 2.39. The molecule has 2 heteroatoms. The molecule has 0 aliphatic carbocycles. The molecule has 0 fully saturated rings. The van der Waals surface area contributed by atoms with Crippen LogP contribution in [0.2, 0.25) is 0 Å². The molecule has 0 saturated carbocycles. The average molecular weight is 197 g/mol. The Hall–Kier alpha value is -0.340. The van der Waals surface area contributed by atoms with Crippen molar-refractivity contribution in [2.24, 2.45) is 5.92 Å². The van der Waals surface area contributed by atoms with Gasteiger partial charge in [-0.25, -0.2) is 0 Å². The summed E-state index contributed by atoms with van der Waals surface area (Å²) in [7, 11) is 2.02. The van der Waals surface area contributed by atoms with Gasteiger partial charge in [-0.1, -0.05) is 6.92 Å². The molecule has 0 saturated heterocycles. The monoisotopic (exact) mass is 197 g/mol. The summed E-state index contributed by atoms with van der Waals surface area (Å²) in [5.74, 6) is 0.840. The maximum absolute atomic E-state index is 3.19. The topological polar surface area (TPSA) is 12.0 Å². The zero-order valence-corrected chi connectivity index (χ0v) is 9.36. The SMILES string of the molecule is CNCCC(C)CCc1ccsc1. The van der Waals surface area contributed by atoms with Crippen molar-refractivity contribution in [3.63, 3.8) is 0 Å². The second kappa shape index (κ2) is 6.17. The smallest absolute Gasteiger partial charge is 0.00494 e. The summed E-state index contributed by atoms with van der Waals surface area (Å²) in [4.78, 5) is 0. The van der Waals surface area contributed by atoms with E-state index < -0.39 is 0 Å². The van der Waals surface area contributed by atoms with Crippen LogP contribution in [-0.2, 0) is 6.42 Å². The Balaban J connectivity index is 2.11. The van der Waals surface area contributed by atoms with E-state index in [-0.39, 0.29) is 0 Å². The maximum atomic E-state index is 3.19. The van der Waals surface area contributed by atoms with Gasteiger partial charge in [0.2, 0.25) is 0 Å². The van der Waals surface area contributed by atoms with Crippen molar-refractivity contribution in [2.75, 3.05) is 13.6 Å². The molecular weight excluding hydrogens is 178 g/mol. The molecule has 0 spiro atoms. The molecule has 1 unspecified atom stereocenters. The first kappa shape index (κ1) is 10.7. The van der Waals surface area contributed by atoms with E-state index in [1.165, 1.54) is 24.8 Å². The third-order valence-corrected chi connectivity index (χ3v) is 3.13. The Morgan fingerprint density at radius 1 is 1.46 bits per heavy atom. The summed E-state index contributed by atoms with van der Waals surface area (Å²) in [5.41, 5.74) is 1.50. The van der Waals surface area contributed by atoms with E-state index in [1.807, 2.05) is 7.05 Å². The van der Waals surface area contributed by atoms with Crippen molar-refractivity contribution in [1.82, 2.24) is 5.32 Å². The minimum Gasteiger partial charge on any atom is -0.320 e. The fourth-order valence-corrected chi connectivity index (χ4v) is 2.09. The lowest BCUT2D eigenvalue weighted by Crippen LogP contribution is -2.11. The molecule has 1 nitrogen and oxygen atoms in total. The molecule has 0 aliphatic heterocycles. The number of hydrogen-bond donors (Lipinski definition) is 1. The largest absolute Gasteiger partial charge is 0.320 e. The van der Waals surface area contributed by atoms with Crippen molar-refractivity contribution < 1.29 is 0 Å². The molecule has 74 valence electrons. The second-order valence-corrected chi connectivity index (χ2v) is 4.45. The van der Waals surface area contributed by atoms with Crippen molar-refractivity contribution in [3.8, 4) is 0 Å². The first-order valence-corrected chi connectivity index (χ1v) is 5.93. The lowest BCUT2D eigenvalue weighted by molar-refractivity contribution is 0.482. The van der Waals surface area contributed by atoms with Crippen LogP contribution in [0.4, 0.5) is 0 Å². The number of nitrogens with one attached hydrogen (secondary N) is 1. The van der Waals surface area contributed by atoms with E-state index >= 15 is 0 Å². The van der Waals surface area contributed by atoms with Crippen LogP contribution >= 0.6 is 11.3 Å². The fourth-order valence-electron chi connectivity index (χ4n) is 1.38. The van der Waals surface area contributed by atoms with Gasteiger partial charge in [-0.15, -0.1) is 0 Å².